The summed E-state index contributed by atoms with van der Waals surface area (Å²) in [4.78, 5) is 17.5. The van der Waals surface area contributed by atoms with Gasteiger partial charge < -0.3 is 14.8 Å². The van der Waals surface area contributed by atoms with Crippen molar-refractivity contribution in [3.8, 4) is 17.3 Å². The monoisotopic (exact) mass is 458 g/mol. The molecule has 0 fully saturated rings. The number of methoxy groups -OCH3 is 1. The molecule has 2 heterocycles. The van der Waals surface area contributed by atoms with Gasteiger partial charge in [-0.1, -0.05) is 23.8 Å². The number of nitrogens with zero attached hydrogens (tertiary/aromatic N) is 3. The number of carbonyl (C=O) groups excluding carboxylic acids is 1. The zero-order valence-corrected chi connectivity index (χ0v) is 20.3. The summed E-state index contributed by atoms with van der Waals surface area (Å²) in [5.41, 5.74) is 6.46. The van der Waals surface area contributed by atoms with Crippen molar-refractivity contribution < 1.29 is 14.3 Å². The minimum absolute atomic E-state index is 0.0812. The van der Waals surface area contributed by atoms with Crippen LogP contribution in [-0.2, 0) is 11.2 Å². The van der Waals surface area contributed by atoms with E-state index in [0.717, 1.165) is 33.5 Å². The van der Waals surface area contributed by atoms with Gasteiger partial charge in [-0.2, -0.15) is 10.1 Å². The molecule has 0 unspecified atom stereocenters. The number of hydrogen-bond donors (Lipinski definition) is 1. The topological polar surface area (TPSA) is 78.3 Å². The number of pyridine rings is 1. The first-order valence-electron chi connectivity index (χ1n) is 11.4. The Balaban J connectivity index is 1.64. The van der Waals surface area contributed by atoms with Gasteiger partial charge in [-0.25, -0.2) is 4.68 Å². The van der Waals surface area contributed by atoms with Gasteiger partial charge in [-0.15, -0.1) is 0 Å². The van der Waals surface area contributed by atoms with Gasteiger partial charge in [0.1, 0.15) is 5.75 Å². The van der Waals surface area contributed by atoms with Gasteiger partial charge >= 0.3 is 0 Å². The number of anilines is 1. The highest BCUT2D eigenvalue weighted by molar-refractivity contribution is 5.91. The Morgan fingerprint density at radius 3 is 2.56 bits per heavy atom. The number of carbonyl (C=O) groups is 1. The minimum atomic E-state index is -0.0812. The fraction of sp³-hybridized carbons (Fsp3) is 0.296. The normalized spacial score (nSPS) is 11.0. The fourth-order valence-electron chi connectivity index (χ4n) is 4.11. The summed E-state index contributed by atoms with van der Waals surface area (Å²) in [6, 6.07) is 15.5. The summed E-state index contributed by atoms with van der Waals surface area (Å²) in [6.45, 7) is 8.52. The van der Waals surface area contributed by atoms with Crippen LogP contribution in [0.2, 0.25) is 0 Å². The second-order valence-corrected chi connectivity index (χ2v) is 8.27. The van der Waals surface area contributed by atoms with Crippen LogP contribution in [0, 0.1) is 20.8 Å². The fourth-order valence-corrected chi connectivity index (χ4v) is 4.11. The average molecular weight is 459 g/mol. The number of ether oxygens (including phenoxy) is 2. The number of rotatable bonds is 8. The smallest absolute Gasteiger partial charge is 0.224 e. The lowest BCUT2D eigenvalue weighted by Gasteiger charge is -2.14. The highest BCUT2D eigenvalue weighted by Crippen LogP contribution is 2.32. The van der Waals surface area contributed by atoms with E-state index in [1.165, 1.54) is 5.56 Å². The van der Waals surface area contributed by atoms with E-state index in [4.69, 9.17) is 19.6 Å². The first-order valence-corrected chi connectivity index (χ1v) is 11.4. The molecular formula is C27H30N4O3. The van der Waals surface area contributed by atoms with Crippen LogP contribution in [0.5, 0.6) is 11.6 Å². The molecule has 1 N–H and O–H groups in total. The molecule has 0 aliphatic rings. The van der Waals surface area contributed by atoms with Gasteiger partial charge in [0, 0.05) is 29.1 Å². The Labute approximate surface area is 199 Å². The molecule has 0 bridgehead atoms. The Bertz CT molecular complexity index is 1330. The summed E-state index contributed by atoms with van der Waals surface area (Å²) in [5.74, 6) is 1.17. The molecule has 0 radical (unpaired) electrons. The maximum Gasteiger partial charge on any atom is 0.224 e. The Hall–Kier alpha value is -3.87. The Morgan fingerprint density at radius 1 is 1.09 bits per heavy atom. The SMILES string of the molecule is CCOc1nc2c(c(C)nn2-c2ccc(C)cc2)c(C)c1CCC(=O)Nc1cccc(OC)c1. The van der Waals surface area contributed by atoms with E-state index in [0.29, 0.717) is 36.8 Å². The molecule has 7 nitrogen and oxygen atoms in total. The van der Waals surface area contributed by atoms with Crippen molar-refractivity contribution in [2.75, 3.05) is 19.0 Å². The van der Waals surface area contributed by atoms with Crippen LogP contribution in [0.4, 0.5) is 5.69 Å². The predicted octanol–water partition coefficient (Wildman–Crippen LogP) is 5.32. The van der Waals surface area contributed by atoms with E-state index in [9.17, 15) is 4.79 Å². The largest absolute Gasteiger partial charge is 0.497 e. The molecule has 34 heavy (non-hydrogen) atoms. The van der Waals surface area contributed by atoms with Crippen molar-refractivity contribution in [3.05, 3.63) is 70.9 Å². The third-order valence-electron chi connectivity index (χ3n) is 5.84. The molecule has 4 rings (SSSR count). The van der Waals surface area contributed by atoms with Gasteiger partial charge in [0.05, 0.1) is 25.1 Å². The molecule has 4 aromatic rings. The number of benzene rings is 2. The number of aryl methyl sites for hydroxylation is 3. The number of amides is 1. The van der Waals surface area contributed by atoms with E-state index >= 15 is 0 Å². The minimum Gasteiger partial charge on any atom is -0.497 e. The highest BCUT2D eigenvalue weighted by Gasteiger charge is 2.20. The van der Waals surface area contributed by atoms with Crippen LogP contribution in [0.15, 0.2) is 48.5 Å². The maximum absolute atomic E-state index is 12.7. The van der Waals surface area contributed by atoms with Gasteiger partial charge in [0.15, 0.2) is 5.65 Å². The molecule has 0 aliphatic carbocycles. The highest BCUT2D eigenvalue weighted by atomic mass is 16.5. The van der Waals surface area contributed by atoms with Crippen molar-refractivity contribution in [3.63, 3.8) is 0 Å². The second-order valence-electron chi connectivity index (χ2n) is 8.27. The van der Waals surface area contributed by atoms with Gasteiger partial charge in [0.2, 0.25) is 11.8 Å². The first kappa shape index (κ1) is 23.3. The molecule has 0 aliphatic heterocycles. The van der Waals surface area contributed by atoms with E-state index in [1.807, 2.05) is 48.9 Å². The lowest BCUT2D eigenvalue weighted by Crippen LogP contribution is -2.13. The van der Waals surface area contributed by atoms with E-state index in [2.05, 4.69) is 31.3 Å². The molecule has 0 spiro atoms. The molecule has 1 amide bonds. The first-order chi connectivity index (χ1) is 16.4. The number of nitrogens with one attached hydrogen (secondary N) is 1. The van der Waals surface area contributed by atoms with Crippen molar-refractivity contribution in [1.82, 2.24) is 14.8 Å². The zero-order chi connectivity index (χ0) is 24.2. The molecule has 0 atom stereocenters. The third-order valence-corrected chi connectivity index (χ3v) is 5.84. The summed E-state index contributed by atoms with van der Waals surface area (Å²) in [6.07, 6.45) is 0.811. The summed E-state index contributed by atoms with van der Waals surface area (Å²) >= 11 is 0. The quantitative estimate of drug-likeness (QED) is 0.386. The number of aromatic nitrogens is 3. The van der Waals surface area contributed by atoms with Crippen molar-refractivity contribution in [1.29, 1.82) is 0 Å². The predicted molar refractivity (Wildman–Crippen MR) is 134 cm³/mol. The van der Waals surface area contributed by atoms with E-state index in [-0.39, 0.29) is 5.91 Å². The second kappa shape index (κ2) is 9.95. The summed E-state index contributed by atoms with van der Waals surface area (Å²) in [7, 11) is 1.60. The van der Waals surface area contributed by atoms with Crippen LogP contribution >= 0.6 is 0 Å². The van der Waals surface area contributed by atoms with Crippen molar-refractivity contribution in [2.45, 2.75) is 40.5 Å². The third kappa shape index (κ3) is 4.73. The van der Waals surface area contributed by atoms with Crippen LogP contribution in [0.25, 0.3) is 16.7 Å². The molecule has 2 aromatic carbocycles. The molecule has 176 valence electrons. The van der Waals surface area contributed by atoms with Crippen molar-refractivity contribution >= 4 is 22.6 Å². The van der Waals surface area contributed by atoms with Crippen LogP contribution < -0.4 is 14.8 Å². The standard InChI is InChI=1S/C27H30N4O3/c1-6-34-27-23(14-15-24(32)28-20-8-7-9-22(16-20)33-5)18(3)25-19(4)30-31(26(25)29-27)21-12-10-17(2)11-13-21/h7-13,16H,6,14-15H2,1-5H3,(H,28,32). The molecule has 0 saturated carbocycles. The number of fused-ring (bicyclic) bond motifs is 1. The lowest BCUT2D eigenvalue weighted by molar-refractivity contribution is -0.116. The summed E-state index contributed by atoms with van der Waals surface area (Å²) < 4.78 is 13.0. The number of hydrogen-bond acceptors (Lipinski definition) is 5. The Kier molecular flexibility index (Phi) is 6.82. The molecule has 2 aromatic heterocycles. The van der Waals surface area contributed by atoms with Crippen LogP contribution in [0.1, 0.15) is 35.7 Å². The maximum atomic E-state index is 12.7. The summed E-state index contributed by atoms with van der Waals surface area (Å²) in [5, 5.41) is 8.70. The van der Waals surface area contributed by atoms with Crippen molar-refractivity contribution in [2.24, 2.45) is 0 Å². The average Bonchev–Trinajstić information content (AvgIpc) is 3.16. The van der Waals surface area contributed by atoms with E-state index < -0.39 is 0 Å². The molecular weight excluding hydrogens is 428 g/mol. The van der Waals surface area contributed by atoms with Crippen LogP contribution in [0.3, 0.4) is 0 Å². The molecule has 7 heteroatoms. The van der Waals surface area contributed by atoms with Gasteiger partial charge in [-0.05, 0) is 63.9 Å². The van der Waals surface area contributed by atoms with Gasteiger partial charge in [-0.3, -0.25) is 4.79 Å². The Morgan fingerprint density at radius 2 is 1.85 bits per heavy atom. The lowest BCUT2D eigenvalue weighted by atomic mass is 10.0. The molecule has 0 saturated heterocycles. The van der Waals surface area contributed by atoms with Crippen LogP contribution in [-0.4, -0.2) is 34.4 Å². The zero-order valence-electron chi connectivity index (χ0n) is 20.3. The van der Waals surface area contributed by atoms with Gasteiger partial charge in [0.25, 0.3) is 0 Å². The van der Waals surface area contributed by atoms with E-state index in [1.54, 1.807) is 13.2 Å².